The number of nitrogens with zero attached hydrogens (tertiary/aromatic N) is 3. The predicted molar refractivity (Wildman–Crippen MR) is 95.0 cm³/mol. The second-order valence-corrected chi connectivity index (χ2v) is 6.17. The van der Waals surface area contributed by atoms with Crippen molar-refractivity contribution in [2.24, 2.45) is 5.11 Å². The smallest absolute Gasteiger partial charge is 0.282 e. The topological polar surface area (TPSA) is 96.7 Å². The third kappa shape index (κ3) is 4.82. The quantitative estimate of drug-likeness (QED) is 0.435. The van der Waals surface area contributed by atoms with E-state index in [1.54, 1.807) is 0 Å². The molecule has 4 unspecified atom stereocenters. The maximum Gasteiger partial charge on any atom is 0.282 e. The zero-order valence-electron chi connectivity index (χ0n) is 14.5. The molecule has 0 radical (unpaired) electrons. The molecular weight excluding hydrogens is 353 g/mol. The Balaban J connectivity index is 1.65. The molecule has 0 aromatic heterocycles. The first-order chi connectivity index (χ1) is 13.1. The second kappa shape index (κ2) is 8.94. The van der Waals surface area contributed by atoms with Gasteiger partial charge in [-0.05, 0) is 21.8 Å². The number of azide groups is 1. The average Bonchev–Trinajstić information content (AvgIpc) is 2.92. The van der Waals surface area contributed by atoms with Gasteiger partial charge in [-0.2, -0.15) is 0 Å². The summed E-state index contributed by atoms with van der Waals surface area (Å²) < 4.78 is 31.2. The number of hydrogen-bond acceptors (Lipinski definition) is 5. The van der Waals surface area contributed by atoms with Gasteiger partial charge in [0.1, 0.15) is 12.2 Å². The molecule has 1 aliphatic rings. The number of ether oxygens (including phenoxy) is 3. The monoisotopic (exact) mass is 373 g/mol. The van der Waals surface area contributed by atoms with E-state index in [4.69, 9.17) is 19.7 Å². The third-order valence-electron chi connectivity index (χ3n) is 4.21. The summed E-state index contributed by atoms with van der Waals surface area (Å²) >= 11 is 0. The zero-order valence-corrected chi connectivity index (χ0v) is 14.5. The Morgan fingerprint density at radius 1 is 1.07 bits per heavy atom. The van der Waals surface area contributed by atoms with Crippen LogP contribution in [0.1, 0.15) is 11.1 Å². The van der Waals surface area contributed by atoms with Crippen LogP contribution in [0.5, 0.6) is 0 Å². The van der Waals surface area contributed by atoms with Crippen molar-refractivity contribution in [1.29, 1.82) is 0 Å². The molecule has 0 amide bonds. The minimum Gasteiger partial charge on any atom is -0.374 e. The molecule has 0 aliphatic carbocycles. The number of alkyl halides is 1. The van der Waals surface area contributed by atoms with E-state index in [1.807, 2.05) is 60.7 Å². The summed E-state index contributed by atoms with van der Waals surface area (Å²) in [5.41, 5.74) is 10.4. The Bertz CT molecular complexity index is 773. The first-order valence-electron chi connectivity index (χ1n) is 8.50. The highest BCUT2D eigenvalue weighted by Gasteiger charge is 2.56. The van der Waals surface area contributed by atoms with E-state index in [0.29, 0.717) is 6.61 Å². The lowest BCUT2D eigenvalue weighted by Gasteiger charge is -2.20. The minimum absolute atomic E-state index is 0.0297. The fourth-order valence-corrected chi connectivity index (χ4v) is 2.85. The molecule has 8 heteroatoms. The van der Waals surface area contributed by atoms with Crippen molar-refractivity contribution in [2.75, 3.05) is 6.61 Å². The summed E-state index contributed by atoms with van der Waals surface area (Å²) in [7, 11) is 0. The highest BCUT2D eigenvalue weighted by molar-refractivity contribution is 5.14. The van der Waals surface area contributed by atoms with Gasteiger partial charge in [0.05, 0.1) is 19.8 Å². The molecule has 0 spiro atoms. The second-order valence-electron chi connectivity index (χ2n) is 6.17. The molecule has 1 heterocycles. The van der Waals surface area contributed by atoms with Gasteiger partial charge in [0.2, 0.25) is 0 Å². The van der Waals surface area contributed by atoms with Crippen LogP contribution in [0.2, 0.25) is 0 Å². The van der Waals surface area contributed by atoms with Crippen LogP contribution in [-0.4, -0.2) is 36.0 Å². The SMILES string of the molecule is [N-]=[N+]=NC1(O)OC(COCc2ccccc2)C(OCc2ccccc2)C1F. The molecule has 1 fully saturated rings. The number of benzene rings is 2. The van der Waals surface area contributed by atoms with Crippen molar-refractivity contribution < 1.29 is 23.7 Å². The molecule has 7 nitrogen and oxygen atoms in total. The maximum atomic E-state index is 14.7. The predicted octanol–water partition coefficient (Wildman–Crippen LogP) is 3.48. The van der Waals surface area contributed by atoms with E-state index in [-0.39, 0.29) is 13.2 Å². The Hall–Kier alpha value is -2.48. The summed E-state index contributed by atoms with van der Waals surface area (Å²) in [5, 5.41) is 13.2. The highest BCUT2D eigenvalue weighted by Crippen LogP contribution is 2.35. The van der Waals surface area contributed by atoms with Gasteiger partial charge in [0, 0.05) is 4.91 Å². The van der Waals surface area contributed by atoms with Gasteiger partial charge in [0.15, 0.2) is 6.17 Å². The normalized spacial score (nSPS) is 27.3. The van der Waals surface area contributed by atoms with Gasteiger partial charge in [-0.1, -0.05) is 60.7 Å². The van der Waals surface area contributed by atoms with Crippen LogP contribution in [-0.2, 0) is 27.4 Å². The fraction of sp³-hybridized carbons (Fsp3) is 0.368. The molecule has 1 saturated heterocycles. The van der Waals surface area contributed by atoms with Crippen LogP contribution in [0.15, 0.2) is 65.8 Å². The Morgan fingerprint density at radius 3 is 2.26 bits per heavy atom. The van der Waals surface area contributed by atoms with Crippen molar-refractivity contribution in [1.82, 2.24) is 0 Å². The standard InChI is InChI=1S/C19H20FN3O4/c20-18-17(26-12-15-9-5-2-6-10-15)16(27-19(18,24)22-23-21)13-25-11-14-7-3-1-4-8-14/h1-10,16-18,24H,11-13H2. The van der Waals surface area contributed by atoms with E-state index < -0.39 is 24.3 Å². The lowest BCUT2D eigenvalue weighted by Crippen LogP contribution is -2.39. The summed E-state index contributed by atoms with van der Waals surface area (Å²) in [6.07, 6.45) is -4.11. The number of hydrogen-bond donors (Lipinski definition) is 1. The van der Waals surface area contributed by atoms with Gasteiger partial charge in [-0.3, -0.25) is 0 Å². The molecule has 27 heavy (non-hydrogen) atoms. The summed E-state index contributed by atoms with van der Waals surface area (Å²) in [6.45, 7) is 0.387. The van der Waals surface area contributed by atoms with Crippen molar-refractivity contribution in [3.63, 3.8) is 0 Å². The Morgan fingerprint density at radius 2 is 1.67 bits per heavy atom. The van der Waals surface area contributed by atoms with E-state index >= 15 is 0 Å². The van der Waals surface area contributed by atoms with Crippen molar-refractivity contribution in [3.8, 4) is 0 Å². The van der Waals surface area contributed by atoms with E-state index in [0.717, 1.165) is 11.1 Å². The average molecular weight is 373 g/mol. The molecule has 2 aromatic rings. The largest absolute Gasteiger partial charge is 0.374 e. The third-order valence-corrected chi connectivity index (χ3v) is 4.21. The van der Waals surface area contributed by atoms with Gasteiger partial charge >= 0.3 is 0 Å². The lowest BCUT2D eigenvalue weighted by atomic mass is 10.1. The van der Waals surface area contributed by atoms with Crippen LogP contribution >= 0.6 is 0 Å². The van der Waals surface area contributed by atoms with Crippen LogP contribution in [0, 0.1) is 0 Å². The van der Waals surface area contributed by atoms with Gasteiger partial charge in [0.25, 0.3) is 5.91 Å². The summed E-state index contributed by atoms with van der Waals surface area (Å²) in [6, 6.07) is 18.7. The molecule has 3 rings (SSSR count). The van der Waals surface area contributed by atoms with E-state index in [1.165, 1.54) is 0 Å². The molecule has 4 atom stereocenters. The zero-order chi connectivity index (χ0) is 19.1. The molecule has 0 saturated carbocycles. The summed E-state index contributed by atoms with van der Waals surface area (Å²) in [4.78, 5) is 2.47. The Kier molecular flexibility index (Phi) is 6.39. The molecular formula is C19H20FN3O4. The van der Waals surface area contributed by atoms with Gasteiger partial charge in [-0.25, -0.2) is 4.39 Å². The van der Waals surface area contributed by atoms with Gasteiger partial charge in [-0.15, -0.1) is 0 Å². The fourth-order valence-electron chi connectivity index (χ4n) is 2.85. The van der Waals surface area contributed by atoms with Crippen molar-refractivity contribution >= 4 is 0 Å². The first-order valence-corrected chi connectivity index (χ1v) is 8.50. The van der Waals surface area contributed by atoms with Crippen molar-refractivity contribution in [2.45, 2.75) is 37.5 Å². The van der Waals surface area contributed by atoms with Crippen LogP contribution in [0.4, 0.5) is 4.39 Å². The lowest BCUT2D eigenvalue weighted by molar-refractivity contribution is -0.215. The first kappa shape index (κ1) is 19.3. The highest BCUT2D eigenvalue weighted by atomic mass is 19.1. The van der Waals surface area contributed by atoms with E-state index in [9.17, 15) is 9.50 Å². The van der Waals surface area contributed by atoms with Crippen molar-refractivity contribution in [3.05, 3.63) is 82.2 Å². The molecule has 1 aliphatic heterocycles. The molecule has 142 valence electrons. The molecule has 1 N–H and O–H groups in total. The maximum absolute atomic E-state index is 14.7. The van der Waals surface area contributed by atoms with E-state index in [2.05, 4.69) is 10.0 Å². The van der Waals surface area contributed by atoms with Crippen LogP contribution < -0.4 is 0 Å². The minimum atomic E-state index is -2.61. The molecule has 2 aromatic carbocycles. The number of rotatable bonds is 8. The van der Waals surface area contributed by atoms with Crippen LogP contribution in [0.25, 0.3) is 10.4 Å². The van der Waals surface area contributed by atoms with Gasteiger partial charge < -0.3 is 19.3 Å². The molecule has 0 bridgehead atoms. The number of halogens is 1. The Labute approximate surface area is 155 Å². The summed E-state index contributed by atoms with van der Waals surface area (Å²) in [5.74, 6) is -2.61. The van der Waals surface area contributed by atoms with Crippen LogP contribution in [0.3, 0.4) is 0 Å². The number of aliphatic hydroxyl groups is 1.